The van der Waals surface area contributed by atoms with Crippen LogP contribution < -0.4 is 5.32 Å². The van der Waals surface area contributed by atoms with Crippen LogP contribution in [0.1, 0.15) is 22.9 Å². The van der Waals surface area contributed by atoms with Gasteiger partial charge in [-0.3, -0.25) is 10.1 Å². The van der Waals surface area contributed by atoms with Crippen LogP contribution in [0.25, 0.3) is 10.8 Å². The van der Waals surface area contributed by atoms with E-state index in [1.807, 2.05) is 13.1 Å². The maximum Gasteiger partial charge on any atom is 0.244 e. The molecule has 5 nitrogen and oxygen atoms in total. The highest BCUT2D eigenvalue weighted by Gasteiger charge is 2.31. The number of fused-ring (bicyclic) bond motifs is 2. The third-order valence-electron chi connectivity index (χ3n) is 4.83. The molecule has 0 fully saturated rings. The Morgan fingerprint density at radius 2 is 2.08 bits per heavy atom. The molecule has 0 saturated heterocycles. The second kappa shape index (κ2) is 6.61. The lowest BCUT2D eigenvalue weighted by Gasteiger charge is -2.22. The Balaban J connectivity index is 1.47. The Morgan fingerprint density at radius 3 is 3.00 bits per heavy atom. The lowest BCUT2D eigenvalue weighted by molar-refractivity contribution is -0.132. The molecule has 0 bridgehead atoms. The van der Waals surface area contributed by atoms with E-state index in [0.717, 1.165) is 17.7 Å². The standard InChI is InChI=1S/C20H20N4O/c1-24(20(25)19-17-11-21-13-23-18(17)12-22-19)10-9-15-7-4-6-14-5-2-3-8-16(14)15/h2-8,11,13,19,22H,9-10,12H2,1H3. The van der Waals surface area contributed by atoms with E-state index in [1.165, 1.54) is 22.7 Å². The number of nitrogens with zero attached hydrogens (tertiary/aromatic N) is 3. The molecule has 5 heteroatoms. The van der Waals surface area contributed by atoms with Crippen LogP contribution in [-0.4, -0.2) is 34.4 Å². The number of hydrogen-bond donors (Lipinski definition) is 1. The Hall–Kier alpha value is -2.79. The van der Waals surface area contributed by atoms with Crippen LogP contribution in [0, 0.1) is 0 Å². The Morgan fingerprint density at radius 1 is 1.24 bits per heavy atom. The first-order valence-electron chi connectivity index (χ1n) is 8.48. The van der Waals surface area contributed by atoms with E-state index >= 15 is 0 Å². The Kier molecular flexibility index (Phi) is 4.15. The van der Waals surface area contributed by atoms with Crippen LogP contribution in [0.4, 0.5) is 0 Å². The van der Waals surface area contributed by atoms with E-state index in [9.17, 15) is 4.79 Å². The first kappa shape index (κ1) is 15.7. The van der Waals surface area contributed by atoms with Gasteiger partial charge in [0.1, 0.15) is 12.4 Å². The van der Waals surface area contributed by atoms with Crippen molar-refractivity contribution in [2.24, 2.45) is 0 Å². The van der Waals surface area contributed by atoms with Crippen molar-refractivity contribution in [2.75, 3.05) is 13.6 Å². The van der Waals surface area contributed by atoms with Crippen LogP contribution in [0.2, 0.25) is 0 Å². The van der Waals surface area contributed by atoms with Crippen molar-refractivity contribution in [2.45, 2.75) is 19.0 Å². The maximum atomic E-state index is 12.8. The molecular formula is C20H20N4O. The third kappa shape index (κ3) is 2.98. The van der Waals surface area contributed by atoms with Gasteiger partial charge < -0.3 is 4.90 Å². The number of carbonyl (C=O) groups excluding carboxylic acids is 1. The molecular weight excluding hydrogens is 312 g/mol. The number of rotatable bonds is 4. The summed E-state index contributed by atoms with van der Waals surface area (Å²) in [5.41, 5.74) is 3.07. The average molecular weight is 332 g/mol. The van der Waals surface area contributed by atoms with E-state index in [2.05, 4.69) is 51.7 Å². The predicted octanol–water partition coefficient (Wildman–Crippen LogP) is 2.48. The van der Waals surface area contributed by atoms with Crippen LogP contribution in [0.3, 0.4) is 0 Å². The Labute approximate surface area is 146 Å². The fourth-order valence-corrected chi connectivity index (χ4v) is 3.41. The first-order chi connectivity index (χ1) is 12.2. The lowest BCUT2D eigenvalue weighted by Crippen LogP contribution is -2.37. The molecule has 0 spiro atoms. The SMILES string of the molecule is CN(CCc1cccc2ccccc12)C(=O)C1NCc2ncncc21. The third-order valence-corrected chi connectivity index (χ3v) is 4.83. The molecule has 3 aromatic rings. The molecule has 0 radical (unpaired) electrons. The molecule has 0 saturated carbocycles. The normalized spacial score (nSPS) is 16.0. The minimum absolute atomic E-state index is 0.0637. The molecule has 1 unspecified atom stereocenters. The first-order valence-corrected chi connectivity index (χ1v) is 8.48. The maximum absolute atomic E-state index is 12.8. The topological polar surface area (TPSA) is 58.1 Å². The number of nitrogens with one attached hydrogen (secondary N) is 1. The predicted molar refractivity (Wildman–Crippen MR) is 96.9 cm³/mol. The summed E-state index contributed by atoms with van der Waals surface area (Å²) in [5, 5.41) is 5.72. The van der Waals surface area contributed by atoms with E-state index < -0.39 is 0 Å². The summed E-state index contributed by atoms with van der Waals surface area (Å²) in [7, 11) is 1.86. The van der Waals surface area contributed by atoms with Crippen molar-refractivity contribution in [3.8, 4) is 0 Å². The zero-order valence-corrected chi connectivity index (χ0v) is 14.1. The average Bonchev–Trinajstić information content (AvgIpc) is 3.09. The summed E-state index contributed by atoms with van der Waals surface area (Å²) < 4.78 is 0. The van der Waals surface area contributed by atoms with Gasteiger partial charge in [-0.25, -0.2) is 9.97 Å². The van der Waals surface area contributed by atoms with Crippen LogP contribution in [-0.2, 0) is 17.8 Å². The highest BCUT2D eigenvalue weighted by molar-refractivity contribution is 5.86. The molecule has 25 heavy (non-hydrogen) atoms. The number of likely N-dealkylation sites (N-methyl/N-ethyl adjacent to an activating group) is 1. The molecule has 1 atom stereocenters. The van der Waals surface area contributed by atoms with Gasteiger partial charge >= 0.3 is 0 Å². The molecule has 1 aromatic heterocycles. The number of benzene rings is 2. The monoisotopic (exact) mass is 332 g/mol. The van der Waals surface area contributed by atoms with Crippen molar-refractivity contribution in [3.05, 3.63) is 71.8 Å². The summed E-state index contributed by atoms with van der Waals surface area (Å²) in [4.78, 5) is 22.9. The fraction of sp³-hybridized carbons (Fsp3) is 0.250. The van der Waals surface area contributed by atoms with Gasteiger partial charge in [0, 0.05) is 31.9 Å². The van der Waals surface area contributed by atoms with Crippen LogP contribution >= 0.6 is 0 Å². The number of hydrogen-bond acceptors (Lipinski definition) is 4. The zero-order valence-electron chi connectivity index (χ0n) is 14.1. The fourth-order valence-electron chi connectivity index (χ4n) is 3.41. The summed E-state index contributed by atoms with van der Waals surface area (Å²) in [5.74, 6) is 0.0637. The zero-order chi connectivity index (χ0) is 17.2. The molecule has 2 aromatic carbocycles. The van der Waals surface area contributed by atoms with Crippen molar-refractivity contribution < 1.29 is 4.79 Å². The molecule has 0 aliphatic carbocycles. The van der Waals surface area contributed by atoms with Crippen molar-refractivity contribution in [3.63, 3.8) is 0 Å². The molecule has 1 aliphatic heterocycles. The van der Waals surface area contributed by atoms with Gasteiger partial charge in [-0.2, -0.15) is 0 Å². The smallest absolute Gasteiger partial charge is 0.244 e. The van der Waals surface area contributed by atoms with Gasteiger partial charge in [-0.15, -0.1) is 0 Å². The molecule has 1 aliphatic rings. The molecule has 2 heterocycles. The van der Waals surface area contributed by atoms with E-state index in [1.54, 1.807) is 11.1 Å². The minimum atomic E-state index is -0.339. The van der Waals surface area contributed by atoms with E-state index in [4.69, 9.17) is 0 Å². The van der Waals surface area contributed by atoms with Gasteiger partial charge in [-0.05, 0) is 22.8 Å². The lowest BCUT2D eigenvalue weighted by atomic mass is 10.0. The number of aromatic nitrogens is 2. The summed E-state index contributed by atoms with van der Waals surface area (Å²) in [6.07, 6.45) is 4.09. The van der Waals surface area contributed by atoms with Crippen molar-refractivity contribution >= 4 is 16.7 Å². The number of carbonyl (C=O) groups is 1. The quantitative estimate of drug-likeness (QED) is 0.797. The van der Waals surface area contributed by atoms with Gasteiger partial charge in [0.25, 0.3) is 0 Å². The summed E-state index contributed by atoms with van der Waals surface area (Å²) >= 11 is 0. The van der Waals surface area contributed by atoms with Gasteiger partial charge in [0.05, 0.1) is 5.69 Å². The highest BCUT2D eigenvalue weighted by Crippen LogP contribution is 2.24. The van der Waals surface area contributed by atoms with Crippen molar-refractivity contribution in [1.82, 2.24) is 20.2 Å². The largest absolute Gasteiger partial charge is 0.344 e. The minimum Gasteiger partial charge on any atom is -0.344 e. The summed E-state index contributed by atoms with van der Waals surface area (Å²) in [6, 6.07) is 14.4. The molecule has 126 valence electrons. The van der Waals surface area contributed by atoms with Gasteiger partial charge in [0.15, 0.2) is 0 Å². The second-order valence-corrected chi connectivity index (χ2v) is 6.39. The van der Waals surface area contributed by atoms with Crippen molar-refractivity contribution in [1.29, 1.82) is 0 Å². The highest BCUT2D eigenvalue weighted by atomic mass is 16.2. The van der Waals surface area contributed by atoms with Gasteiger partial charge in [0.2, 0.25) is 5.91 Å². The molecule has 1 N–H and O–H groups in total. The summed E-state index contributed by atoms with van der Waals surface area (Å²) in [6.45, 7) is 1.29. The van der Waals surface area contributed by atoms with E-state index in [-0.39, 0.29) is 11.9 Å². The number of amides is 1. The molecule has 4 rings (SSSR count). The van der Waals surface area contributed by atoms with Crippen LogP contribution in [0.15, 0.2) is 55.0 Å². The van der Waals surface area contributed by atoms with E-state index in [0.29, 0.717) is 13.1 Å². The van der Waals surface area contributed by atoms with Gasteiger partial charge in [-0.1, -0.05) is 42.5 Å². The van der Waals surface area contributed by atoms with Crippen LogP contribution in [0.5, 0.6) is 0 Å². The second-order valence-electron chi connectivity index (χ2n) is 6.39. The Bertz CT molecular complexity index is 919. The molecule has 1 amide bonds.